The van der Waals surface area contributed by atoms with E-state index in [1.165, 1.54) is 43.5 Å². The van der Waals surface area contributed by atoms with E-state index in [4.69, 9.17) is 4.74 Å². The van der Waals surface area contributed by atoms with Crippen molar-refractivity contribution >= 4 is 35.1 Å². The van der Waals surface area contributed by atoms with Gasteiger partial charge in [0, 0.05) is 12.5 Å². The predicted octanol–water partition coefficient (Wildman–Crippen LogP) is 2.82. The highest BCUT2D eigenvalue weighted by Gasteiger charge is 2.69. The Labute approximate surface area is 226 Å². The first-order valence-corrected chi connectivity index (χ1v) is 12.2. The van der Waals surface area contributed by atoms with E-state index in [-0.39, 0.29) is 23.4 Å². The molecule has 4 atom stereocenters. The van der Waals surface area contributed by atoms with Crippen molar-refractivity contribution < 1.29 is 39.1 Å². The Bertz CT molecular complexity index is 1540. The second kappa shape index (κ2) is 9.89. The number of amides is 2. The summed E-state index contributed by atoms with van der Waals surface area (Å²) in [5.41, 5.74) is -1.84. The number of fused-ring (bicyclic) bond motifs is 1. The number of carboxylic acids is 2. The molecule has 0 unspecified atom stereocenters. The van der Waals surface area contributed by atoms with Gasteiger partial charge in [-0.15, -0.1) is 0 Å². The third-order valence-corrected chi connectivity index (χ3v) is 7.50. The number of imide groups is 1. The Balaban J connectivity index is 1.67. The van der Waals surface area contributed by atoms with Crippen LogP contribution >= 0.6 is 0 Å². The molecule has 204 valence electrons. The van der Waals surface area contributed by atoms with Crippen LogP contribution in [0.5, 0.6) is 5.75 Å². The maximum absolute atomic E-state index is 14.0. The minimum Gasteiger partial charge on any atom is -0.496 e. The van der Waals surface area contributed by atoms with Crippen LogP contribution < -0.4 is 15.0 Å². The molecule has 0 radical (unpaired) electrons. The number of nitro benzene ring substituents is 1. The number of nitrogens with one attached hydrogen (secondary N) is 1. The van der Waals surface area contributed by atoms with Crippen molar-refractivity contribution in [1.29, 1.82) is 0 Å². The molecule has 12 nitrogen and oxygen atoms in total. The Kier molecular flexibility index (Phi) is 6.56. The molecule has 40 heavy (non-hydrogen) atoms. The van der Waals surface area contributed by atoms with Gasteiger partial charge in [-0.3, -0.25) is 29.8 Å². The van der Waals surface area contributed by atoms with Crippen LogP contribution in [-0.2, 0) is 20.8 Å². The summed E-state index contributed by atoms with van der Waals surface area (Å²) in [4.78, 5) is 64.2. The fourth-order valence-electron chi connectivity index (χ4n) is 5.68. The molecule has 3 aromatic rings. The second-order valence-corrected chi connectivity index (χ2v) is 9.62. The third kappa shape index (κ3) is 4.14. The molecule has 2 aliphatic rings. The summed E-state index contributed by atoms with van der Waals surface area (Å²) >= 11 is 0. The van der Waals surface area contributed by atoms with Gasteiger partial charge in [0.05, 0.1) is 35.5 Å². The number of ether oxygens (including phenoxy) is 1. The highest BCUT2D eigenvalue weighted by atomic mass is 16.6. The van der Waals surface area contributed by atoms with Crippen molar-refractivity contribution in [3.63, 3.8) is 0 Å². The van der Waals surface area contributed by atoms with Crippen molar-refractivity contribution in [3.8, 4) is 5.75 Å². The molecule has 0 bridgehead atoms. The van der Waals surface area contributed by atoms with Crippen LogP contribution in [0.4, 0.5) is 11.4 Å². The van der Waals surface area contributed by atoms with Crippen LogP contribution in [0.2, 0.25) is 0 Å². The van der Waals surface area contributed by atoms with Gasteiger partial charge < -0.3 is 14.9 Å². The number of anilines is 1. The smallest absolute Gasteiger partial charge is 0.335 e. The molecule has 3 N–H and O–H groups in total. The lowest BCUT2D eigenvalue weighted by Gasteiger charge is -2.31. The van der Waals surface area contributed by atoms with E-state index in [1.54, 1.807) is 30.3 Å². The second-order valence-electron chi connectivity index (χ2n) is 9.62. The standard InChI is InChI=1S/C28H23N3O9/c1-40-18-11-12-19(20(13-18)31(38)39)30-24(32)21-22(25(30)33)28(27(36)37,14-15-5-3-2-4-6-15)29-23(21)16-7-9-17(10-8-16)26(34)35/h2-13,21-23,29H,14H2,1H3,(H,34,35)(H,36,37)/t21-,22-,23-,28+/m0/s1. The fraction of sp³-hybridized carbons (Fsp3) is 0.214. The molecule has 2 saturated heterocycles. The zero-order valence-corrected chi connectivity index (χ0v) is 21.0. The zero-order valence-electron chi connectivity index (χ0n) is 21.0. The lowest BCUT2D eigenvalue weighted by molar-refractivity contribution is -0.384. The number of carboxylic acid groups (broad SMARTS) is 2. The summed E-state index contributed by atoms with van der Waals surface area (Å²) in [6.07, 6.45) is -0.161. The Morgan fingerprint density at radius 3 is 2.27 bits per heavy atom. The number of aliphatic carboxylic acids is 1. The Morgan fingerprint density at radius 1 is 1.02 bits per heavy atom. The highest BCUT2D eigenvalue weighted by Crippen LogP contribution is 2.52. The summed E-state index contributed by atoms with van der Waals surface area (Å²) in [6.45, 7) is 0. The number of carbonyl (C=O) groups excluding carboxylic acids is 2. The molecular weight excluding hydrogens is 522 g/mol. The van der Waals surface area contributed by atoms with Crippen molar-refractivity contribution in [2.75, 3.05) is 12.0 Å². The number of hydrogen-bond acceptors (Lipinski definition) is 8. The monoisotopic (exact) mass is 545 g/mol. The maximum atomic E-state index is 14.0. The quantitative estimate of drug-likeness (QED) is 0.217. The number of carbonyl (C=O) groups is 4. The predicted molar refractivity (Wildman–Crippen MR) is 139 cm³/mol. The van der Waals surface area contributed by atoms with Crippen LogP contribution in [-0.4, -0.2) is 51.5 Å². The fourth-order valence-corrected chi connectivity index (χ4v) is 5.68. The molecular formula is C28H23N3O9. The summed E-state index contributed by atoms with van der Waals surface area (Å²) in [7, 11) is 1.31. The first-order valence-electron chi connectivity index (χ1n) is 12.2. The van der Waals surface area contributed by atoms with E-state index in [0.717, 1.165) is 6.07 Å². The van der Waals surface area contributed by atoms with Gasteiger partial charge in [-0.1, -0.05) is 42.5 Å². The molecule has 5 rings (SSSR count). The first kappa shape index (κ1) is 26.5. The van der Waals surface area contributed by atoms with Gasteiger partial charge in [-0.25, -0.2) is 9.69 Å². The zero-order chi connectivity index (χ0) is 28.8. The number of nitro groups is 1. The average Bonchev–Trinajstić information content (AvgIpc) is 3.42. The number of nitrogens with zero attached hydrogens (tertiary/aromatic N) is 2. The van der Waals surface area contributed by atoms with Crippen LogP contribution in [0.1, 0.15) is 27.5 Å². The number of rotatable bonds is 8. The van der Waals surface area contributed by atoms with E-state index < -0.39 is 57.8 Å². The largest absolute Gasteiger partial charge is 0.496 e. The van der Waals surface area contributed by atoms with Crippen molar-refractivity contribution in [3.05, 3.63) is 99.6 Å². The molecule has 0 spiro atoms. The first-order chi connectivity index (χ1) is 19.1. The summed E-state index contributed by atoms with van der Waals surface area (Å²) in [5, 5.41) is 34.8. The van der Waals surface area contributed by atoms with Gasteiger partial charge in [0.1, 0.15) is 17.0 Å². The van der Waals surface area contributed by atoms with Crippen molar-refractivity contribution in [1.82, 2.24) is 5.32 Å². The minimum absolute atomic E-state index is 0.0172. The van der Waals surface area contributed by atoms with Gasteiger partial charge in [-0.2, -0.15) is 0 Å². The topological polar surface area (TPSA) is 176 Å². The van der Waals surface area contributed by atoms with Gasteiger partial charge in [0.15, 0.2) is 0 Å². The molecule has 0 saturated carbocycles. The van der Waals surface area contributed by atoms with E-state index in [2.05, 4.69) is 5.32 Å². The lowest BCUT2D eigenvalue weighted by atomic mass is 9.76. The molecule has 2 aliphatic heterocycles. The van der Waals surface area contributed by atoms with Crippen LogP contribution in [0.15, 0.2) is 72.8 Å². The van der Waals surface area contributed by atoms with E-state index in [9.17, 15) is 39.5 Å². The summed E-state index contributed by atoms with van der Waals surface area (Å²) in [6, 6.07) is 16.8. The van der Waals surface area contributed by atoms with Crippen molar-refractivity contribution in [2.45, 2.75) is 18.0 Å². The number of aromatic carboxylic acids is 1. The van der Waals surface area contributed by atoms with E-state index >= 15 is 0 Å². The minimum atomic E-state index is -1.95. The number of methoxy groups -OCH3 is 1. The maximum Gasteiger partial charge on any atom is 0.335 e. The van der Waals surface area contributed by atoms with Gasteiger partial charge >= 0.3 is 11.9 Å². The molecule has 2 heterocycles. The Hall–Kier alpha value is -5.10. The molecule has 2 fully saturated rings. The summed E-state index contributed by atoms with van der Waals surface area (Å²) in [5.74, 6) is -6.77. The molecule has 0 aliphatic carbocycles. The summed E-state index contributed by atoms with van der Waals surface area (Å²) < 4.78 is 5.06. The molecule has 3 aromatic carbocycles. The SMILES string of the molecule is COc1ccc(N2C(=O)[C@H]3[C@@H](C2=O)[C@](Cc2ccccc2)(C(=O)O)N[C@H]3c2ccc(C(=O)O)cc2)c([N+](=O)[O-])c1. The van der Waals surface area contributed by atoms with Crippen LogP contribution in [0.3, 0.4) is 0 Å². The third-order valence-electron chi connectivity index (χ3n) is 7.50. The van der Waals surface area contributed by atoms with Crippen molar-refractivity contribution in [2.24, 2.45) is 11.8 Å². The Morgan fingerprint density at radius 2 is 1.70 bits per heavy atom. The lowest BCUT2D eigenvalue weighted by Crippen LogP contribution is -2.57. The van der Waals surface area contributed by atoms with Crippen LogP contribution in [0, 0.1) is 22.0 Å². The van der Waals surface area contributed by atoms with E-state index in [1.807, 2.05) is 0 Å². The van der Waals surface area contributed by atoms with Gasteiger partial charge in [0.2, 0.25) is 11.8 Å². The van der Waals surface area contributed by atoms with Crippen LogP contribution in [0.25, 0.3) is 0 Å². The number of hydrogen-bond donors (Lipinski definition) is 3. The molecule has 12 heteroatoms. The van der Waals surface area contributed by atoms with Gasteiger partial charge in [-0.05, 0) is 35.4 Å². The average molecular weight is 546 g/mol. The normalized spacial score (nSPS) is 23.6. The molecule has 0 aromatic heterocycles. The number of benzene rings is 3. The highest BCUT2D eigenvalue weighted by molar-refractivity contribution is 6.25. The van der Waals surface area contributed by atoms with Gasteiger partial charge in [0.25, 0.3) is 5.69 Å². The van der Waals surface area contributed by atoms with E-state index in [0.29, 0.717) is 16.0 Å². The molecule has 2 amide bonds.